The maximum absolute atomic E-state index is 5.55. The molecule has 4 rings (SSSR count). The summed E-state index contributed by atoms with van der Waals surface area (Å²) >= 11 is 1.55. The van der Waals surface area contributed by atoms with Crippen LogP contribution >= 0.6 is 11.8 Å². The molecule has 0 saturated carbocycles. The fourth-order valence-corrected chi connectivity index (χ4v) is 3.78. The van der Waals surface area contributed by atoms with Gasteiger partial charge in [-0.05, 0) is 41.1 Å². The van der Waals surface area contributed by atoms with Gasteiger partial charge in [0.05, 0.1) is 25.7 Å². The van der Waals surface area contributed by atoms with Crippen LogP contribution in [0.2, 0.25) is 0 Å². The average Bonchev–Trinajstić information content (AvgIpc) is 3.49. The fraction of sp³-hybridized carbons (Fsp3) is 0.316. The second kappa shape index (κ2) is 8.91. The first kappa shape index (κ1) is 19.2. The van der Waals surface area contributed by atoms with E-state index in [0.29, 0.717) is 12.3 Å². The van der Waals surface area contributed by atoms with Crippen LogP contribution in [-0.2, 0) is 18.8 Å². The van der Waals surface area contributed by atoms with Crippen LogP contribution in [0.4, 0.5) is 0 Å². The third-order valence-corrected chi connectivity index (χ3v) is 5.27. The van der Waals surface area contributed by atoms with Crippen molar-refractivity contribution in [1.82, 2.24) is 35.0 Å². The summed E-state index contributed by atoms with van der Waals surface area (Å²) in [6.45, 7) is 3.41. The number of benzene rings is 1. The highest BCUT2D eigenvalue weighted by Crippen LogP contribution is 2.28. The Balaban J connectivity index is 1.64. The van der Waals surface area contributed by atoms with E-state index < -0.39 is 0 Å². The first-order valence-corrected chi connectivity index (χ1v) is 10.2. The standard InChI is InChI=1S/C19H21N7O2S/c1-3-9-26-17(20-23-24-26)13-29-19-22-21-18(14-6-4-7-15(11-14)27-2)25(19)12-16-8-5-10-28-16/h4-8,10-11H,3,9,12-13H2,1-2H3. The molecule has 0 N–H and O–H groups in total. The highest BCUT2D eigenvalue weighted by atomic mass is 32.2. The van der Waals surface area contributed by atoms with Crippen LogP contribution in [0.1, 0.15) is 24.9 Å². The van der Waals surface area contributed by atoms with Crippen LogP contribution in [0.5, 0.6) is 5.75 Å². The quantitative estimate of drug-likeness (QED) is 0.387. The van der Waals surface area contributed by atoms with Crippen molar-refractivity contribution in [2.24, 2.45) is 0 Å². The molecule has 0 atom stereocenters. The molecule has 0 unspecified atom stereocenters. The van der Waals surface area contributed by atoms with Crippen LogP contribution in [0.3, 0.4) is 0 Å². The SMILES string of the molecule is CCCn1nnnc1CSc1nnc(-c2cccc(OC)c2)n1Cc1ccco1. The summed E-state index contributed by atoms with van der Waals surface area (Å²) in [4.78, 5) is 0. The molecule has 3 aromatic heterocycles. The Labute approximate surface area is 172 Å². The van der Waals surface area contributed by atoms with Gasteiger partial charge in [-0.1, -0.05) is 30.8 Å². The minimum atomic E-state index is 0.523. The molecule has 150 valence electrons. The molecule has 29 heavy (non-hydrogen) atoms. The number of hydrogen-bond donors (Lipinski definition) is 0. The van der Waals surface area contributed by atoms with Gasteiger partial charge in [0, 0.05) is 12.1 Å². The zero-order valence-electron chi connectivity index (χ0n) is 16.2. The van der Waals surface area contributed by atoms with Gasteiger partial charge in [-0.2, -0.15) is 0 Å². The molecule has 0 aliphatic carbocycles. The second-order valence-electron chi connectivity index (χ2n) is 6.31. The summed E-state index contributed by atoms with van der Waals surface area (Å²) in [5.74, 6) is 3.75. The van der Waals surface area contributed by atoms with Crippen LogP contribution in [-0.4, -0.2) is 42.1 Å². The molecule has 3 heterocycles. The predicted octanol–water partition coefficient (Wildman–Crippen LogP) is 3.28. The molecule has 0 amide bonds. The van der Waals surface area contributed by atoms with Gasteiger partial charge in [0.15, 0.2) is 16.8 Å². The highest BCUT2D eigenvalue weighted by Gasteiger charge is 2.17. The van der Waals surface area contributed by atoms with E-state index in [0.717, 1.165) is 46.8 Å². The van der Waals surface area contributed by atoms with Crippen molar-refractivity contribution in [2.45, 2.75) is 37.3 Å². The van der Waals surface area contributed by atoms with Crippen molar-refractivity contribution < 1.29 is 9.15 Å². The van der Waals surface area contributed by atoms with Gasteiger partial charge in [-0.25, -0.2) is 4.68 Å². The van der Waals surface area contributed by atoms with E-state index in [1.165, 1.54) is 0 Å². The summed E-state index contributed by atoms with van der Waals surface area (Å²) in [5.41, 5.74) is 0.922. The Morgan fingerprint density at radius 3 is 2.86 bits per heavy atom. The molecular formula is C19H21N7O2S. The number of tetrazole rings is 1. The fourth-order valence-electron chi connectivity index (χ4n) is 2.91. The Hall–Kier alpha value is -3.14. The summed E-state index contributed by atoms with van der Waals surface area (Å²) in [6.07, 6.45) is 2.63. The van der Waals surface area contributed by atoms with E-state index in [-0.39, 0.29) is 0 Å². The number of ether oxygens (including phenoxy) is 1. The molecule has 0 aliphatic rings. The van der Waals surface area contributed by atoms with E-state index in [1.807, 2.05) is 45.6 Å². The van der Waals surface area contributed by atoms with Gasteiger partial charge in [0.1, 0.15) is 11.5 Å². The molecule has 1 aromatic carbocycles. The molecule has 0 spiro atoms. The van der Waals surface area contributed by atoms with E-state index in [2.05, 4.69) is 32.6 Å². The van der Waals surface area contributed by atoms with Crippen molar-refractivity contribution in [1.29, 1.82) is 0 Å². The lowest BCUT2D eigenvalue weighted by Gasteiger charge is -2.09. The first-order valence-electron chi connectivity index (χ1n) is 9.26. The van der Waals surface area contributed by atoms with Gasteiger partial charge in [0.25, 0.3) is 0 Å². The number of nitrogens with zero attached hydrogens (tertiary/aromatic N) is 7. The van der Waals surface area contributed by atoms with Crippen LogP contribution in [0.25, 0.3) is 11.4 Å². The lowest BCUT2D eigenvalue weighted by molar-refractivity contribution is 0.415. The van der Waals surface area contributed by atoms with Crippen LogP contribution in [0.15, 0.2) is 52.2 Å². The number of rotatable bonds is 9. The molecular weight excluding hydrogens is 390 g/mol. The van der Waals surface area contributed by atoms with Crippen molar-refractivity contribution >= 4 is 11.8 Å². The van der Waals surface area contributed by atoms with Crippen molar-refractivity contribution in [3.63, 3.8) is 0 Å². The van der Waals surface area contributed by atoms with E-state index >= 15 is 0 Å². The Morgan fingerprint density at radius 1 is 1.14 bits per heavy atom. The lowest BCUT2D eigenvalue weighted by Crippen LogP contribution is -2.06. The summed E-state index contributed by atoms with van der Waals surface area (Å²) < 4.78 is 14.8. The van der Waals surface area contributed by atoms with Crippen molar-refractivity contribution in [3.8, 4) is 17.1 Å². The number of thioether (sulfide) groups is 1. The zero-order valence-corrected chi connectivity index (χ0v) is 17.0. The molecule has 0 fully saturated rings. The third-order valence-electron chi connectivity index (χ3n) is 4.31. The Bertz CT molecular complexity index is 1060. The number of methoxy groups -OCH3 is 1. The molecule has 0 radical (unpaired) electrons. The van der Waals surface area contributed by atoms with Crippen LogP contribution < -0.4 is 4.74 Å². The van der Waals surface area contributed by atoms with Gasteiger partial charge < -0.3 is 9.15 Å². The number of aryl methyl sites for hydroxylation is 1. The van der Waals surface area contributed by atoms with Crippen molar-refractivity contribution in [2.75, 3.05) is 7.11 Å². The average molecular weight is 411 g/mol. The number of aromatic nitrogens is 7. The lowest BCUT2D eigenvalue weighted by atomic mass is 10.2. The van der Waals surface area contributed by atoms with E-state index in [4.69, 9.17) is 9.15 Å². The third kappa shape index (κ3) is 4.32. The number of furan rings is 1. The number of hydrogen-bond acceptors (Lipinski definition) is 8. The van der Waals surface area contributed by atoms with Gasteiger partial charge in [-0.3, -0.25) is 4.57 Å². The normalized spacial score (nSPS) is 11.1. The summed E-state index contributed by atoms with van der Waals surface area (Å²) in [6, 6.07) is 11.6. The predicted molar refractivity (Wildman–Crippen MR) is 107 cm³/mol. The monoisotopic (exact) mass is 411 g/mol. The van der Waals surface area contributed by atoms with Crippen LogP contribution in [0, 0.1) is 0 Å². The summed E-state index contributed by atoms with van der Waals surface area (Å²) in [5, 5.41) is 21.6. The summed E-state index contributed by atoms with van der Waals surface area (Å²) in [7, 11) is 1.65. The molecule has 9 nitrogen and oxygen atoms in total. The minimum Gasteiger partial charge on any atom is -0.497 e. The Kier molecular flexibility index (Phi) is 5.89. The zero-order chi connectivity index (χ0) is 20.1. The second-order valence-corrected chi connectivity index (χ2v) is 7.25. The highest BCUT2D eigenvalue weighted by molar-refractivity contribution is 7.98. The van der Waals surface area contributed by atoms with Gasteiger partial charge >= 0.3 is 0 Å². The molecule has 4 aromatic rings. The largest absolute Gasteiger partial charge is 0.497 e. The molecule has 0 bridgehead atoms. The van der Waals surface area contributed by atoms with Gasteiger partial charge in [-0.15, -0.1) is 15.3 Å². The molecule has 0 saturated heterocycles. The molecule has 10 heteroatoms. The Morgan fingerprint density at radius 2 is 2.07 bits per heavy atom. The van der Waals surface area contributed by atoms with E-state index in [9.17, 15) is 0 Å². The van der Waals surface area contributed by atoms with Crippen molar-refractivity contribution in [3.05, 3.63) is 54.2 Å². The topological polar surface area (TPSA) is 96.7 Å². The van der Waals surface area contributed by atoms with Gasteiger partial charge in [0.2, 0.25) is 0 Å². The first-order chi connectivity index (χ1) is 14.3. The smallest absolute Gasteiger partial charge is 0.192 e. The maximum atomic E-state index is 5.55. The molecule has 0 aliphatic heterocycles. The minimum absolute atomic E-state index is 0.523. The maximum Gasteiger partial charge on any atom is 0.192 e. The van der Waals surface area contributed by atoms with E-state index in [1.54, 1.807) is 25.1 Å².